The largest absolute Gasteiger partial charge is 0.406 e. The molecular weight excluding hydrogens is 347 g/mol. The summed E-state index contributed by atoms with van der Waals surface area (Å²) in [6, 6.07) is 2.73. The number of hydrogen-bond acceptors (Lipinski definition) is 4. The van der Waals surface area contributed by atoms with Gasteiger partial charge in [-0.1, -0.05) is 13.8 Å². The Labute approximate surface area is 148 Å². The first-order valence-electron chi connectivity index (χ1n) is 8.33. The highest BCUT2D eigenvalue weighted by molar-refractivity contribution is 5.98. The molecule has 9 heteroatoms. The molecule has 2 aromatic heterocycles. The van der Waals surface area contributed by atoms with Gasteiger partial charge in [-0.3, -0.25) is 4.79 Å². The summed E-state index contributed by atoms with van der Waals surface area (Å²) in [6.45, 7) is 2.82. The highest BCUT2D eigenvalue weighted by Gasteiger charge is 2.35. The van der Waals surface area contributed by atoms with Gasteiger partial charge in [-0.25, -0.2) is 9.97 Å². The van der Waals surface area contributed by atoms with Crippen LogP contribution in [0.15, 0.2) is 18.3 Å². The number of aromatic nitrogens is 3. The van der Waals surface area contributed by atoms with E-state index in [9.17, 15) is 18.0 Å². The Hall–Kier alpha value is -2.58. The van der Waals surface area contributed by atoms with Crippen LogP contribution in [0.3, 0.4) is 0 Å². The number of carbonyl (C=O) groups excluding carboxylic acids is 1. The quantitative estimate of drug-likeness (QED) is 0.870. The van der Waals surface area contributed by atoms with Crippen LogP contribution in [-0.2, 0) is 13.0 Å². The third-order valence-electron chi connectivity index (χ3n) is 4.26. The van der Waals surface area contributed by atoms with Gasteiger partial charge in [0.2, 0.25) is 5.95 Å². The van der Waals surface area contributed by atoms with Crippen LogP contribution in [0.1, 0.15) is 36.3 Å². The molecule has 1 amide bonds. The van der Waals surface area contributed by atoms with Crippen LogP contribution in [0.2, 0.25) is 0 Å². The van der Waals surface area contributed by atoms with Crippen LogP contribution < -0.4 is 11.1 Å². The summed E-state index contributed by atoms with van der Waals surface area (Å²) < 4.78 is 40.7. The lowest BCUT2D eigenvalue weighted by atomic mass is 9.95. The predicted octanol–water partition coefficient (Wildman–Crippen LogP) is 2.79. The number of alkyl halides is 3. The van der Waals surface area contributed by atoms with E-state index in [0.717, 1.165) is 4.57 Å². The standard InChI is InChI=1S/C17H20F3N5O/c1-9(2)5-10-6-13-11(15(26)23-10)7-14(25(13)8-17(18,19)20)12-3-4-22-16(21)24-12/h3-4,7,9-10H,5-6,8H2,1-2H3,(H,23,26)(H2,21,22,24). The van der Waals surface area contributed by atoms with Crippen molar-refractivity contribution >= 4 is 11.9 Å². The molecule has 140 valence electrons. The van der Waals surface area contributed by atoms with Crippen molar-refractivity contribution in [2.75, 3.05) is 5.73 Å². The Morgan fingerprint density at radius 2 is 2.15 bits per heavy atom. The zero-order valence-corrected chi connectivity index (χ0v) is 14.5. The summed E-state index contributed by atoms with van der Waals surface area (Å²) in [7, 11) is 0. The summed E-state index contributed by atoms with van der Waals surface area (Å²) in [6.07, 6.45) is -2.02. The summed E-state index contributed by atoms with van der Waals surface area (Å²) in [4.78, 5) is 20.2. The van der Waals surface area contributed by atoms with Gasteiger partial charge < -0.3 is 15.6 Å². The summed E-state index contributed by atoms with van der Waals surface area (Å²) in [5.74, 6) is -0.0857. The number of nitrogens with zero attached hydrogens (tertiary/aromatic N) is 3. The minimum atomic E-state index is -4.43. The first-order valence-corrected chi connectivity index (χ1v) is 8.33. The SMILES string of the molecule is CC(C)CC1Cc2c(cc(-c3ccnc(N)n3)n2CC(F)(F)F)C(=O)N1. The monoisotopic (exact) mass is 367 g/mol. The van der Waals surface area contributed by atoms with Crippen LogP contribution in [0.4, 0.5) is 19.1 Å². The summed E-state index contributed by atoms with van der Waals surface area (Å²) in [5.41, 5.74) is 6.66. The van der Waals surface area contributed by atoms with E-state index in [0.29, 0.717) is 24.5 Å². The molecule has 26 heavy (non-hydrogen) atoms. The molecule has 0 saturated heterocycles. The summed E-state index contributed by atoms with van der Waals surface area (Å²) >= 11 is 0. The van der Waals surface area contributed by atoms with E-state index < -0.39 is 12.7 Å². The number of amides is 1. The number of halogens is 3. The topological polar surface area (TPSA) is 85.8 Å². The predicted molar refractivity (Wildman–Crippen MR) is 90.3 cm³/mol. The molecule has 0 fully saturated rings. The van der Waals surface area contributed by atoms with Crippen molar-refractivity contribution < 1.29 is 18.0 Å². The summed E-state index contributed by atoms with van der Waals surface area (Å²) in [5, 5.41) is 2.88. The number of rotatable bonds is 4. The van der Waals surface area contributed by atoms with Crippen molar-refractivity contribution in [3.8, 4) is 11.4 Å². The molecule has 2 aromatic rings. The molecule has 1 unspecified atom stereocenters. The van der Waals surface area contributed by atoms with E-state index in [-0.39, 0.29) is 34.8 Å². The van der Waals surface area contributed by atoms with Gasteiger partial charge in [0, 0.05) is 24.4 Å². The molecule has 3 heterocycles. The Morgan fingerprint density at radius 3 is 2.77 bits per heavy atom. The van der Waals surface area contributed by atoms with Gasteiger partial charge in [0.25, 0.3) is 5.91 Å². The molecule has 0 radical (unpaired) electrons. The number of nitrogens with one attached hydrogen (secondary N) is 1. The van der Waals surface area contributed by atoms with Gasteiger partial charge in [0.05, 0.1) is 17.0 Å². The maximum absolute atomic E-state index is 13.2. The number of nitrogens with two attached hydrogens (primary N) is 1. The molecule has 1 atom stereocenters. The van der Waals surface area contributed by atoms with Crippen LogP contribution in [0, 0.1) is 5.92 Å². The zero-order valence-electron chi connectivity index (χ0n) is 14.5. The molecule has 0 aliphatic carbocycles. The number of hydrogen-bond donors (Lipinski definition) is 2. The van der Waals surface area contributed by atoms with E-state index in [2.05, 4.69) is 15.3 Å². The van der Waals surface area contributed by atoms with E-state index in [1.807, 2.05) is 13.8 Å². The van der Waals surface area contributed by atoms with Gasteiger partial charge in [0.1, 0.15) is 6.54 Å². The van der Waals surface area contributed by atoms with Gasteiger partial charge in [-0.2, -0.15) is 13.2 Å². The average molecular weight is 367 g/mol. The molecule has 1 aliphatic heterocycles. The van der Waals surface area contributed by atoms with Crippen molar-refractivity contribution in [3.05, 3.63) is 29.6 Å². The third kappa shape index (κ3) is 3.81. The molecule has 3 N–H and O–H groups in total. The number of carbonyl (C=O) groups is 1. The molecule has 3 rings (SSSR count). The molecule has 0 spiro atoms. The highest BCUT2D eigenvalue weighted by atomic mass is 19.4. The molecule has 1 aliphatic rings. The maximum Gasteiger partial charge on any atom is 0.406 e. The molecule has 0 aromatic carbocycles. The molecule has 6 nitrogen and oxygen atoms in total. The Kier molecular flexibility index (Phi) is 4.64. The zero-order chi connectivity index (χ0) is 19.1. The number of nitrogen functional groups attached to an aromatic ring is 1. The smallest absolute Gasteiger partial charge is 0.368 e. The normalized spacial score (nSPS) is 17.3. The van der Waals surface area contributed by atoms with Crippen molar-refractivity contribution in [2.45, 2.75) is 45.5 Å². The van der Waals surface area contributed by atoms with Crippen molar-refractivity contribution in [1.29, 1.82) is 0 Å². The van der Waals surface area contributed by atoms with Crippen LogP contribution >= 0.6 is 0 Å². The molecule has 0 saturated carbocycles. The lowest BCUT2D eigenvalue weighted by molar-refractivity contribution is -0.140. The van der Waals surface area contributed by atoms with Crippen molar-refractivity contribution in [3.63, 3.8) is 0 Å². The van der Waals surface area contributed by atoms with E-state index in [4.69, 9.17) is 5.73 Å². The first kappa shape index (κ1) is 18.2. The highest BCUT2D eigenvalue weighted by Crippen LogP contribution is 2.32. The maximum atomic E-state index is 13.2. The van der Waals surface area contributed by atoms with Gasteiger partial charge in [-0.05, 0) is 24.5 Å². The molecular formula is C17H20F3N5O. The Bertz CT molecular complexity index is 828. The number of fused-ring (bicyclic) bond motifs is 1. The third-order valence-corrected chi connectivity index (χ3v) is 4.26. The fourth-order valence-corrected chi connectivity index (χ4v) is 3.35. The van der Waals surface area contributed by atoms with Gasteiger partial charge >= 0.3 is 6.18 Å². The van der Waals surface area contributed by atoms with Crippen LogP contribution in [-0.4, -0.2) is 32.7 Å². The molecule has 0 bridgehead atoms. The number of anilines is 1. The average Bonchev–Trinajstić information content (AvgIpc) is 2.84. The van der Waals surface area contributed by atoms with Crippen molar-refractivity contribution in [2.24, 2.45) is 5.92 Å². The minimum Gasteiger partial charge on any atom is -0.368 e. The van der Waals surface area contributed by atoms with Crippen molar-refractivity contribution in [1.82, 2.24) is 19.9 Å². The van der Waals surface area contributed by atoms with E-state index >= 15 is 0 Å². The second kappa shape index (κ2) is 6.62. The lowest BCUT2D eigenvalue weighted by Gasteiger charge is -2.27. The second-order valence-corrected chi connectivity index (χ2v) is 6.90. The Morgan fingerprint density at radius 1 is 1.42 bits per heavy atom. The minimum absolute atomic E-state index is 0.0395. The van der Waals surface area contributed by atoms with E-state index in [1.54, 1.807) is 0 Å². The lowest BCUT2D eigenvalue weighted by Crippen LogP contribution is -2.42. The van der Waals surface area contributed by atoms with Crippen LogP contribution in [0.5, 0.6) is 0 Å². The first-order chi connectivity index (χ1) is 12.1. The fourth-order valence-electron chi connectivity index (χ4n) is 3.35. The van der Waals surface area contributed by atoms with Gasteiger partial charge in [-0.15, -0.1) is 0 Å². The van der Waals surface area contributed by atoms with Gasteiger partial charge in [0.15, 0.2) is 0 Å². The van der Waals surface area contributed by atoms with Crippen LogP contribution in [0.25, 0.3) is 11.4 Å². The van der Waals surface area contributed by atoms with E-state index in [1.165, 1.54) is 18.3 Å². The Balaban J connectivity index is 2.11. The second-order valence-electron chi connectivity index (χ2n) is 6.90. The fraction of sp³-hybridized carbons (Fsp3) is 0.471.